The zero-order valence-corrected chi connectivity index (χ0v) is 14.7. The van der Waals surface area contributed by atoms with Crippen LogP contribution in [0.4, 0.5) is 10.5 Å². The maximum Gasteiger partial charge on any atom is 0.344 e. The second-order valence-corrected chi connectivity index (χ2v) is 6.35. The number of imide groups is 1. The Morgan fingerprint density at radius 1 is 1.08 bits per heavy atom. The van der Waals surface area contributed by atoms with E-state index >= 15 is 0 Å². The lowest BCUT2D eigenvalue weighted by Gasteiger charge is -2.22. The van der Waals surface area contributed by atoms with Crippen LogP contribution < -0.4 is 16.1 Å². The summed E-state index contributed by atoms with van der Waals surface area (Å²) in [4.78, 5) is 25.1. The summed E-state index contributed by atoms with van der Waals surface area (Å²) >= 11 is 5.23. The molecule has 6 nitrogen and oxygen atoms in total. The molecule has 25 heavy (non-hydrogen) atoms. The Morgan fingerprint density at radius 3 is 2.40 bits per heavy atom. The first-order valence-corrected chi connectivity index (χ1v) is 8.18. The van der Waals surface area contributed by atoms with Gasteiger partial charge >= 0.3 is 6.03 Å². The number of hydrazine groups is 1. The molecule has 0 bridgehead atoms. The molecule has 0 spiro atoms. The van der Waals surface area contributed by atoms with Crippen LogP contribution in [0, 0.1) is 6.92 Å². The second-order valence-electron chi connectivity index (χ2n) is 5.94. The third-order valence-corrected chi connectivity index (χ3v) is 4.34. The monoisotopic (exact) mass is 354 g/mol. The number of aryl methyl sites for hydroxylation is 1. The summed E-state index contributed by atoms with van der Waals surface area (Å²) < 4.78 is 0. The molecule has 3 rings (SSSR count). The fourth-order valence-corrected chi connectivity index (χ4v) is 2.87. The predicted molar refractivity (Wildman–Crippen MR) is 99.7 cm³/mol. The maximum absolute atomic E-state index is 12.8. The molecule has 1 heterocycles. The Balaban J connectivity index is 1.75. The van der Waals surface area contributed by atoms with Gasteiger partial charge in [-0.2, -0.15) is 5.01 Å². The van der Waals surface area contributed by atoms with Crippen molar-refractivity contribution in [2.75, 3.05) is 5.32 Å². The number of amides is 3. The lowest BCUT2D eigenvalue weighted by molar-refractivity contribution is -0.132. The third kappa shape index (κ3) is 3.18. The smallest absolute Gasteiger partial charge is 0.331 e. The minimum Gasteiger partial charge on any atom is -0.331 e. The Morgan fingerprint density at radius 2 is 1.72 bits per heavy atom. The number of rotatable bonds is 3. The molecule has 1 saturated heterocycles. The largest absolute Gasteiger partial charge is 0.344 e. The molecule has 0 aromatic heterocycles. The van der Waals surface area contributed by atoms with Crippen LogP contribution in [0.1, 0.15) is 18.1 Å². The molecule has 2 aromatic carbocycles. The molecule has 0 radical (unpaired) electrons. The van der Waals surface area contributed by atoms with Gasteiger partial charge in [0.05, 0.1) is 0 Å². The first-order chi connectivity index (χ1) is 11.9. The van der Waals surface area contributed by atoms with E-state index in [1.807, 2.05) is 49.4 Å². The highest BCUT2D eigenvalue weighted by Gasteiger charge is 2.49. The number of nitrogens with one attached hydrogen (secondary N) is 3. The van der Waals surface area contributed by atoms with Crippen molar-refractivity contribution < 1.29 is 9.59 Å². The molecule has 3 N–H and O–H groups in total. The predicted octanol–water partition coefficient (Wildman–Crippen LogP) is 2.66. The summed E-state index contributed by atoms with van der Waals surface area (Å²) in [6.07, 6.45) is 0. The van der Waals surface area contributed by atoms with Gasteiger partial charge in [-0.3, -0.25) is 10.2 Å². The fraction of sp³-hybridized carbons (Fsp3) is 0.167. The summed E-state index contributed by atoms with van der Waals surface area (Å²) in [6, 6.07) is 16.1. The average molecular weight is 354 g/mol. The van der Waals surface area contributed by atoms with Gasteiger partial charge in [0.2, 0.25) is 0 Å². The Kier molecular flexibility index (Phi) is 4.41. The number of hydrogen-bond donors (Lipinski definition) is 3. The van der Waals surface area contributed by atoms with Crippen molar-refractivity contribution in [3.05, 3.63) is 65.7 Å². The van der Waals surface area contributed by atoms with E-state index in [0.717, 1.165) is 16.3 Å². The number of carbonyl (C=O) groups is 2. The van der Waals surface area contributed by atoms with Gasteiger partial charge < -0.3 is 10.6 Å². The number of urea groups is 1. The molecule has 7 heteroatoms. The lowest BCUT2D eigenvalue weighted by Crippen LogP contribution is -2.49. The van der Waals surface area contributed by atoms with Gasteiger partial charge in [0.25, 0.3) is 5.91 Å². The SMILES string of the molecule is Cc1ccccc1NC(=S)NN1C(=O)N[C@](C)(c2ccccc2)C1=O. The van der Waals surface area contributed by atoms with Crippen LogP contribution in [0.5, 0.6) is 0 Å². The van der Waals surface area contributed by atoms with Gasteiger partial charge in [0.1, 0.15) is 5.54 Å². The highest BCUT2D eigenvalue weighted by atomic mass is 32.1. The average Bonchev–Trinajstić information content (AvgIpc) is 2.82. The van der Waals surface area contributed by atoms with Gasteiger partial charge in [0, 0.05) is 5.69 Å². The summed E-state index contributed by atoms with van der Waals surface area (Å²) in [5, 5.41) is 6.77. The first-order valence-electron chi connectivity index (χ1n) is 7.77. The first kappa shape index (κ1) is 16.9. The topological polar surface area (TPSA) is 73.5 Å². The quantitative estimate of drug-likeness (QED) is 0.584. The summed E-state index contributed by atoms with van der Waals surface area (Å²) in [7, 11) is 0. The van der Waals surface area contributed by atoms with E-state index < -0.39 is 17.5 Å². The van der Waals surface area contributed by atoms with Crippen molar-refractivity contribution in [2.24, 2.45) is 0 Å². The van der Waals surface area contributed by atoms with Gasteiger partial charge in [0.15, 0.2) is 5.11 Å². The second kappa shape index (κ2) is 6.52. The van der Waals surface area contributed by atoms with E-state index in [0.29, 0.717) is 5.56 Å². The molecule has 0 saturated carbocycles. The molecule has 0 unspecified atom stereocenters. The zero-order valence-electron chi connectivity index (χ0n) is 13.9. The van der Waals surface area contributed by atoms with Crippen molar-refractivity contribution >= 4 is 35.0 Å². The number of thiocarbonyl (C=S) groups is 1. The Bertz CT molecular complexity index is 840. The molecule has 128 valence electrons. The van der Waals surface area contributed by atoms with Crippen molar-refractivity contribution in [2.45, 2.75) is 19.4 Å². The highest BCUT2D eigenvalue weighted by Crippen LogP contribution is 2.27. The van der Waals surface area contributed by atoms with Crippen LogP contribution >= 0.6 is 12.2 Å². The van der Waals surface area contributed by atoms with E-state index in [9.17, 15) is 9.59 Å². The molecule has 2 aromatic rings. The van der Waals surface area contributed by atoms with Crippen molar-refractivity contribution in [3.63, 3.8) is 0 Å². The molecular weight excluding hydrogens is 336 g/mol. The van der Waals surface area contributed by atoms with Crippen LogP contribution in [0.3, 0.4) is 0 Å². The van der Waals surface area contributed by atoms with E-state index in [4.69, 9.17) is 12.2 Å². The van der Waals surface area contributed by atoms with Crippen LogP contribution in [-0.4, -0.2) is 22.1 Å². The van der Waals surface area contributed by atoms with Crippen molar-refractivity contribution in [1.29, 1.82) is 0 Å². The van der Waals surface area contributed by atoms with Crippen LogP contribution in [0.25, 0.3) is 0 Å². The summed E-state index contributed by atoms with van der Waals surface area (Å²) in [5.74, 6) is -0.419. The van der Waals surface area contributed by atoms with E-state index in [1.54, 1.807) is 19.1 Å². The molecule has 1 aliphatic heterocycles. The van der Waals surface area contributed by atoms with E-state index in [1.165, 1.54) is 0 Å². The van der Waals surface area contributed by atoms with Crippen LogP contribution in [0.2, 0.25) is 0 Å². The Labute approximate surface area is 151 Å². The number of nitrogens with zero attached hydrogens (tertiary/aromatic N) is 1. The van der Waals surface area contributed by atoms with Gasteiger partial charge in [-0.1, -0.05) is 48.5 Å². The van der Waals surface area contributed by atoms with Crippen LogP contribution in [-0.2, 0) is 10.3 Å². The summed E-state index contributed by atoms with van der Waals surface area (Å²) in [6.45, 7) is 3.60. The molecule has 1 atom stereocenters. The standard InChI is InChI=1S/C18H18N4O2S/c1-12-8-6-7-11-14(12)19-16(25)21-22-15(23)18(2,20-17(22)24)13-9-4-3-5-10-13/h3-11H,1-2H3,(H,20,24)(H2,19,21,25)/t18-/m1/s1. The minimum atomic E-state index is -1.14. The van der Waals surface area contributed by atoms with E-state index in [2.05, 4.69) is 16.1 Å². The summed E-state index contributed by atoms with van der Waals surface area (Å²) in [5.41, 5.74) is 4.04. The highest BCUT2D eigenvalue weighted by molar-refractivity contribution is 7.80. The van der Waals surface area contributed by atoms with Crippen LogP contribution in [0.15, 0.2) is 54.6 Å². The molecule has 0 aliphatic carbocycles. The van der Waals surface area contributed by atoms with E-state index in [-0.39, 0.29) is 5.11 Å². The van der Waals surface area contributed by atoms with Gasteiger partial charge in [-0.05, 0) is 43.3 Å². The minimum absolute atomic E-state index is 0.162. The zero-order chi connectivity index (χ0) is 18.0. The fourth-order valence-electron chi connectivity index (χ4n) is 2.67. The molecule has 1 aliphatic rings. The maximum atomic E-state index is 12.8. The van der Waals surface area contributed by atoms with Gasteiger partial charge in [-0.25, -0.2) is 4.79 Å². The van der Waals surface area contributed by atoms with Crippen molar-refractivity contribution in [1.82, 2.24) is 15.8 Å². The molecule has 1 fully saturated rings. The Hall–Kier alpha value is -2.93. The molecular formula is C18H18N4O2S. The number of benzene rings is 2. The number of para-hydroxylation sites is 1. The molecule has 3 amide bonds. The normalized spacial score (nSPS) is 19.5. The third-order valence-electron chi connectivity index (χ3n) is 4.15. The van der Waals surface area contributed by atoms with Gasteiger partial charge in [-0.15, -0.1) is 0 Å². The number of carbonyl (C=O) groups excluding carboxylic acids is 2. The lowest BCUT2D eigenvalue weighted by atomic mass is 9.92. The number of hydrogen-bond acceptors (Lipinski definition) is 3. The number of anilines is 1. The van der Waals surface area contributed by atoms with Crippen molar-refractivity contribution in [3.8, 4) is 0 Å².